The predicted octanol–water partition coefficient (Wildman–Crippen LogP) is 6.75. The van der Waals surface area contributed by atoms with Crippen LogP contribution in [0.3, 0.4) is 0 Å². The van der Waals surface area contributed by atoms with Crippen LogP contribution in [0, 0.1) is 6.92 Å². The minimum atomic E-state index is -9.95. The molecule has 0 aliphatic rings. The summed E-state index contributed by atoms with van der Waals surface area (Å²) in [5.41, 5.74) is 1.11. The molecule has 0 fully saturated rings. The Bertz CT molecular complexity index is 1290. The molecule has 0 aliphatic carbocycles. The number of pyridine rings is 1. The van der Waals surface area contributed by atoms with E-state index in [2.05, 4.69) is 9.97 Å². The van der Waals surface area contributed by atoms with E-state index >= 15 is 0 Å². The Labute approximate surface area is 167 Å². The van der Waals surface area contributed by atoms with Gasteiger partial charge in [-0.2, -0.15) is 0 Å². The van der Waals surface area contributed by atoms with E-state index in [-0.39, 0.29) is 22.0 Å². The monoisotopic (exact) mass is 439 g/mol. The summed E-state index contributed by atoms with van der Waals surface area (Å²) < 4.78 is 68.1. The van der Waals surface area contributed by atoms with Crippen molar-refractivity contribution in [3.05, 3.63) is 78.4 Å². The number of halogens is 5. The van der Waals surface area contributed by atoms with Gasteiger partial charge in [-0.1, -0.05) is 49.8 Å². The first-order valence-electron chi connectivity index (χ1n) is 8.62. The molecule has 0 unspecified atom stereocenters. The molecule has 4 rings (SSSR count). The van der Waals surface area contributed by atoms with Gasteiger partial charge in [-0.15, -0.1) is 0 Å². The zero-order valence-electron chi connectivity index (χ0n) is 15.4. The van der Waals surface area contributed by atoms with Crippen LogP contribution in [0.1, 0.15) is 15.9 Å². The van der Waals surface area contributed by atoms with Gasteiger partial charge in [-0.3, -0.25) is 9.36 Å². The minimum absolute atomic E-state index is 0.00600. The second kappa shape index (κ2) is 5.88. The van der Waals surface area contributed by atoms with Crippen LogP contribution in [0.2, 0.25) is 0 Å². The fourth-order valence-corrected chi connectivity index (χ4v) is 3.90. The molecular formula is C20H14F5N3OS. The third kappa shape index (κ3) is 3.54. The second-order valence-corrected chi connectivity index (χ2v) is 9.16. The lowest BCUT2D eigenvalue weighted by Crippen LogP contribution is -2.14. The maximum atomic E-state index is 13.4. The molecule has 0 saturated carbocycles. The Morgan fingerprint density at radius 1 is 1.00 bits per heavy atom. The summed E-state index contributed by atoms with van der Waals surface area (Å²) in [6.45, 7) is 1.52. The van der Waals surface area contributed by atoms with Gasteiger partial charge in [0.05, 0.1) is 16.8 Å². The summed E-state index contributed by atoms with van der Waals surface area (Å²) in [5.74, 6) is -0.700. The Morgan fingerprint density at radius 2 is 1.70 bits per heavy atom. The molecule has 4 nitrogen and oxygen atoms in total. The highest BCUT2D eigenvalue weighted by Crippen LogP contribution is 3.02. The number of hydrogen-bond acceptors (Lipinski definition) is 3. The molecule has 0 saturated heterocycles. The van der Waals surface area contributed by atoms with Crippen molar-refractivity contribution in [2.24, 2.45) is 0 Å². The Balaban J connectivity index is 2.09. The first kappa shape index (κ1) is 20.0. The van der Waals surface area contributed by atoms with Crippen molar-refractivity contribution >= 4 is 27.0 Å². The van der Waals surface area contributed by atoms with E-state index in [4.69, 9.17) is 0 Å². The first-order valence-corrected chi connectivity index (χ1v) is 10.6. The molecule has 2 aromatic heterocycles. The van der Waals surface area contributed by atoms with Gasteiger partial charge in [0.2, 0.25) is 0 Å². The van der Waals surface area contributed by atoms with Crippen molar-refractivity contribution < 1.29 is 24.2 Å². The number of benzene rings is 2. The molecule has 0 bridgehead atoms. The van der Waals surface area contributed by atoms with Gasteiger partial charge in [-0.25, -0.2) is 9.97 Å². The van der Waals surface area contributed by atoms with E-state index in [1.165, 1.54) is 25.6 Å². The van der Waals surface area contributed by atoms with Crippen LogP contribution in [0.4, 0.5) is 19.4 Å². The number of nitrogens with zero attached hydrogens (tertiary/aromatic N) is 3. The summed E-state index contributed by atoms with van der Waals surface area (Å²) in [6, 6.07) is 10.2. The van der Waals surface area contributed by atoms with Crippen LogP contribution in [0.15, 0.2) is 72.1 Å². The third-order valence-electron chi connectivity index (χ3n) is 4.65. The summed E-state index contributed by atoms with van der Waals surface area (Å²) in [7, 11) is -9.95. The zero-order valence-corrected chi connectivity index (χ0v) is 16.2. The van der Waals surface area contributed by atoms with Gasteiger partial charge in [0.1, 0.15) is 11.2 Å². The lowest BCUT2D eigenvalue weighted by molar-refractivity contribution is 0.0960. The molecule has 10 heteroatoms. The maximum absolute atomic E-state index is 13.4. The zero-order chi connectivity index (χ0) is 21.8. The summed E-state index contributed by atoms with van der Waals surface area (Å²) >= 11 is 0. The highest BCUT2D eigenvalue weighted by molar-refractivity contribution is 8.45. The van der Waals surface area contributed by atoms with Crippen LogP contribution in [-0.4, -0.2) is 20.4 Å². The van der Waals surface area contributed by atoms with E-state index in [0.717, 1.165) is 10.6 Å². The highest BCUT2D eigenvalue weighted by atomic mass is 32.5. The van der Waals surface area contributed by atoms with E-state index in [1.807, 2.05) is 0 Å². The van der Waals surface area contributed by atoms with Crippen molar-refractivity contribution in [2.45, 2.75) is 11.8 Å². The van der Waals surface area contributed by atoms with Crippen molar-refractivity contribution in [1.82, 2.24) is 14.5 Å². The lowest BCUT2D eigenvalue weighted by Gasteiger charge is -2.40. The number of rotatable bonds is 3. The molecule has 2 aromatic carbocycles. The van der Waals surface area contributed by atoms with Gasteiger partial charge in [0.25, 0.3) is 5.91 Å². The van der Waals surface area contributed by atoms with E-state index < -0.39 is 21.0 Å². The van der Waals surface area contributed by atoms with Crippen LogP contribution in [0.25, 0.3) is 22.2 Å². The van der Waals surface area contributed by atoms with Crippen LogP contribution < -0.4 is 0 Å². The van der Waals surface area contributed by atoms with Gasteiger partial charge < -0.3 is 0 Å². The summed E-state index contributed by atoms with van der Waals surface area (Å²) in [6.07, 6.45) is 3.84. The quantitative estimate of drug-likeness (QED) is 0.332. The summed E-state index contributed by atoms with van der Waals surface area (Å²) in [4.78, 5) is 19.1. The second-order valence-electron chi connectivity index (χ2n) is 6.75. The fraction of sp³-hybridized carbons (Fsp3) is 0.0500. The number of fused-ring (bicyclic) bond motifs is 1. The van der Waals surface area contributed by atoms with Gasteiger partial charge in [0, 0.05) is 23.3 Å². The number of carbonyl (C=O) groups is 1. The molecule has 2 heterocycles. The molecule has 30 heavy (non-hydrogen) atoms. The maximum Gasteiger partial charge on any atom is 0.310 e. The molecule has 0 aliphatic heterocycles. The molecular weight excluding hydrogens is 425 g/mol. The van der Waals surface area contributed by atoms with Gasteiger partial charge >= 0.3 is 10.2 Å². The van der Waals surface area contributed by atoms with Gasteiger partial charge in [-0.05, 0) is 30.7 Å². The molecule has 0 spiro atoms. The fourth-order valence-electron chi connectivity index (χ4n) is 3.24. The number of carbonyl (C=O) groups excluding carboxylic acids is 1. The molecule has 0 amide bonds. The van der Waals surface area contributed by atoms with Crippen molar-refractivity contribution in [1.29, 1.82) is 0 Å². The van der Waals surface area contributed by atoms with E-state index in [1.54, 1.807) is 30.3 Å². The molecule has 0 atom stereocenters. The third-order valence-corrected chi connectivity index (χ3v) is 5.79. The van der Waals surface area contributed by atoms with Crippen molar-refractivity contribution in [2.75, 3.05) is 0 Å². The van der Waals surface area contributed by atoms with Crippen LogP contribution >= 0.6 is 10.2 Å². The Kier molecular flexibility index (Phi) is 3.92. The smallest absolute Gasteiger partial charge is 0.272 e. The molecule has 4 aromatic rings. The minimum Gasteiger partial charge on any atom is -0.272 e. The predicted molar refractivity (Wildman–Crippen MR) is 105 cm³/mol. The largest absolute Gasteiger partial charge is 0.310 e. The Morgan fingerprint density at radius 3 is 2.30 bits per heavy atom. The molecule has 156 valence electrons. The summed E-state index contributed by atoms with van der Waals surface area (Å²) in [5, 5.41) is -0.309. The molecule has 0 N–H and O–H groups in total. The van der Waals surface area contributed by atoms with Gasteiger partial charge in [0.15, 0.2) is 0 Å². The first-order chi connectivity index (χ1) is 13.8. The topological polar surface area (TPSA) is 47.8 Å². The van der Waals surface area contributed by atoms with E-state index in [0.29, 0.717) is 23.4 Å². The number of aromatic nitrogens is 3. The standard InChI is InChI=1S/C20H14F5N3OS/c1-13-18(20(29)28-10-9-26-12-28)16-11-15(30(21,22,23,24)25)7-8-17(16)27-19(13)14-5-3-2-4-6-14/h2-12H,1H3. The average Bonchev–Trinajstić information content (AvgIpc) is 3.20. The van der Waals surface area contributed by atoms with Crippen LogP contribution in [0.5, 0.6) is 0 Å². The van der Waals surface area contributed by atoms with Crippen LogP contribution in [-0.2, 0) is 0 Å². The SMILES string of the molecule is Cc1c(-c2ccccc2)nc2ccc(S(F)(F)(F)(F)F)cc2c1C(=O)n1ccnc1. The normalized spacial score (nSPS) is 14.3. The highest BCUT2D eigenvalue weighted by Gasteiger charge is 2.65. The number of hydrogen-bond donors (Lipinski definition) is 0. The Hall–Kier alpha value is -3.27. The van der Waals surface area contributed by atoms with Crippen molar-refractivity contribution in [3.63, 3.8) is 0 Å². The average molecular weight is 439 g/mol. The lowest BCUT2D eigenvalue weighted by atomic mass is 9.97. The molecule has 0 radical (unpaired) electrons. The number of imidazole rings is 1. The van der Waals surface area contributed by atoms with Crippen molar-refractivity contribution in [3.8, 4) is 11.3 Å². The van der Waals surface area contributed by atoms with E-state index in [9.17, 15) is 24.2 Å².